The Balaban J connectivity index is 0.000000142. The Labute approximate surface area is 725 Å². The molecule has 8 heterocycles. The quantitative estimate of drug-likeness (QED) is 0.0855. The zero-order valence-electron chi connectivity index (χ0n) is 72.7. The maximum absolute atomic E-state index is 13.2. The number of nitrogens with zero attached hydrogens (tertiary/aromatic N) is 13. The van der Waals surface area contributed by atoms with Crippen LogP contribution >= 0.6 is 0 Å². The number of aryl methyl sites for hydroxylation is 4. The molecule has 0 radical (unpaired) electrons. The molecular weight excluding hydrogens is 1640 g/mol. The van der Waals surface area contributed by atoms with Gasteiger partial charge in [-0.05, 0) is 157 Å². The molecule has 0 amide bonds. The highest BCUT2D eigenvalue weighted by atomic mass is 32.2. The first-order valence-electron chi connectivity index (χ1n) is 40.3. The lowest BCUT2D eigenvalue weighted by Crippen LogP contribution is -2.13. The molecule has 0 saturated carbocycles. The predicted octanol–water partition coefficient (Wildman–Crippen LogP) is 18.6. The number of benzene rings is 8. The van der Waals surface area contributed by atoms with Gasteiger partial charge in [0.1, 0.15) is 11.6 Å². The number of hydrogen-bond donors (Lipinski definition) is 2. The van der Waals surface area contributed by atoms with Crippen LogP contribution in [0.25, 0.3) is 66.4 Å². The van der Waals surface area contributed by atoms with Gasteiger partial charge in [0.2, 0.25) is 0 Å². The normalized spacial score (nSPS) is 12.4. The molecule has 0 aliphatic rings. The van der Waals surface area contributed by atoms with Gasteiger partial charge in [-0.1, -0.05) is 217 Å². The summed E-state index contributed by atoms with van der Waals surface area (Å²) in [5, 5.41) is 31.5. The fourth-order valence-electron chi connectivity index (χ4n) is 14.5. The van der Waals surface area contributed by atoms with E-state index in [2.05, 4.69) is 129 Å². The van der Waals surface area contributed by atoms with Gasteiger partial charge in [0.25, 0.3) is 0 Å². The average molecular weight is 1740 g/mol. The largest absolute Gasteiger partial charge is 0.494 e. The number of methoxy groups -OCH3 is 1. The van der Waals surface area contributed by atoms with Crippen LogP contribution in [0.2, 0.25) is 0 Å². The van der Waals surface area contributed by atoms with E-state index in [0.717, 1.165) is 88.4 Å². The molecule has 8 aromatic carbocycles. The average Bonchev–Trinajstić information content (AvgIpc) is 1.55. The Morgan fingerprint density at radius 3 is 1.00 bits per heavy atom. The van der Waals surface area contributed by atoms with Crippen molar-refractivity contribution < 1.29 is 38.4 Å². The predicted molar refractivity (Wildman–Crippen MR) is 492 cm³/mol. The number of nitrogens with two attached hydrogens (primary N) is 2. The Hall–Kier alpha value is -12.6. The van der Waals surface area contributed by atoms with Gasteiger partial charge < -0.3 is 16.2 Å². The summed E-state index contributed by atoms with van der Waals surface area (Å²) in [5.74, 6) is 1.47. The van der Waals surface area contributed by atoms with Crippen molar-refractivity contribution in [2.45, 2.75) is 175 Å². The van der Waals surface area contributed by atoms with Gasteiger partial charge in [-0.15, -0.1) is 0 Å². The highest BCUT2D eigenvalue weighted by molar-refractivity contribution is 7.91. The van der Waals surface area contributed by atoms with Crippen LogP contribution in [-0.2, 0) is 84.0 Å². The van der Waals surface area contributed by atoms with E-state index in [-0.39, 0.29) is 44.7 Å². The lowest BCUT2D eigenvalue weighted by atomic mass is 9.87. The van der Waals surface area contributed by atoms with E-state index in [1.807, 2.05) is 173 Å². The fourth-order valence-corrected chi connectivity index (χ4v) is 19.8. The molecule has 0 aliphatic carbocycles. The van der Waals surface area contributed by atoms with Crippen molar-refractivity contribution in [3.63, 3.8) is 0 Å². The molecule has 0 bridgehead atoms. The third-order valence-corrected chi connectivity index (χ3v) is 27.8. The van der Waals surface area contributed by atoms with E-state index >= 15 is 0 Å². The van der Waals surface area contributed by atoms with E-state index < -0.39 is 39.3 Å². The second-order valence-corrected chi connectivity index (χ2v) is 43.0. The van der Waals surface area contributed by atoms with Gasteiger partial charge in [-0.25, -0.2) is 67.4 Å². The molecule has 124 heavy (non-hydrogen) atoms. The fraction of sp³-hybridized carbons (Fsp3) is 0.260. The number of anilines is 2. The molecule has 4 N–H and O–H groups in total. The van der Waals surface area contributed by atoms with Crippen LogP contribution in [0.4, 0.5) is 11.5 Å². The van der Waals surface area contributed by atoms with Crippen molar-refractivity contribution >= 4 is 94.2 Å². The standard InChI is InChI=1S/C25H27N3O3S.2C24H26N4O2S.C23H24N4O2S/c1-17-14-19(16-32(29,30)20-12-10-18(11-13-20)25(2,3)4)28(27-17)24-22-9-7-6-8-21(22)23(31-5)15-26-24;1-16-13-18(15-31(29,30)19-11-9-17(10-12-19)24(2,3)4)28(27-16)23-21-8-6-5-7-20(21)22(25)14-26-23;1-16-13-18(15-31(29,30)19-11-9-17(10-12-19)24(2,3)4)28(27-16)22-14-23(25)26-21-8-6-5-7-20(21)22;1-16-13-18(15-30(28,29)19-11-9-17(10-12-19)23(2,3)4)27(26-16)22-14-24-25-21-8-6-5-7-20(21)22/h6-15H,16H2,1-5H3;5-14H,15,25H2,1-4H3;5-14H,15H2,1-4H3,(H2,25,26);5-14H,15H2,1-4H3. The first kappa shape index (κ1) is 89.1. The van der Waals surface area contributed by atoms with Crippen molar-refractivity contribution in [3.8, 4) is 28.8 Å². The van der Waals surface area contributed by atoms with Gasteiger partial charge in [-0.2, -0.15) is 30.6 Å². The molecule has 24 nitrogen and oxygen atoms in total. The molecule has 8 aromatic heterocycles. The molecule has 16 aromatic rings. The van der Waals surface area contributed by atoms with Gasteiger partial charge in [0, 0.05) is 38.4 Å². The van der Waals surface area contributed by atoms with Crippen LogP contribution < -0.4 is 16.2 Å². The maximum Gasteiger partial charge on any atom is 0.184 e. The summed E-state index contributed by atoms with van der Waals surface area (Å²) in [6.45, 7) is 32.6. The van der Waals surface area contributed by atoms with E-state index in [1.165, 1.54) is 0 Å². The Bertz CT molecular complexity index is 7140. The molecule has 0 unspecified atom stereocenters. The molecular formula is C96H103N15O9S4. The highest BCUT2D eigenvalue weighted by Crippen LogP contribution is 2.36. The van der Waals surface area contributed by atoms with Crippen molar-refractivity contribution in [2.75, 3.05) is 18.6 Å². The van der Waals surface area contributed by atoms with Crippen molar-refractivity contribution in [1.29, 1.82) is 0 Å². The van der Waals surface area contributed by atoms with Crippen LogP contribution in [0, 0.1) is 27.7 Å². The molecule has 28 heteroatoms. The summed E-state index contributed by atoms with van der Waals surface area (Å²) in [5.41, 5.74) is 24.9. The number of aromatic nitrogens is 13. The Morgan fingerprint density at radius 1 is 0.331 bits per heavy atom. The van der Waals surface area contributed by atoms with Crippen molar-refractivity contribution in [1.82, 2.24) is 64.3 Å². The van der Waals surface area contributed by atoms with Gasteiger partial charge in [0.15, 0.2) is 51.0 Å². The summed E-state index contributed by atoms with van der Waals surface area (Å²) in [6.07, 6.45) is 4.83. The first-order chi connectivity index (χ1) is 58.3. The van der Waals surface area contributed by atoms with Gasteiger partial charge in [0.05, 0.1) is 142 Å². The number of nitrogen functional groups attached to an aromatic ring is 2. The summed E-state index contributed by atoms with van der Waals surface area (Å²) in [7, 11) is -12.6. The number of fused-ring (bicyclic) bond motifs is 4. The molecule has 0 saturated heterocycles. The lowest BCUT2D eigenvalue weighted by Gasteiger charge is -2.19. The first-order valence-corrected chi connectivity index (χ1v) is 46.9. The van der Waals surface area contributed by atoms with E-state index in [4.69, 9.17) is 16.2 Å². The summed E-state index contributed by atoms with van der Waals surface area (Å²) < 4.78 is 118. The van der Waals surface area contributed by atoms with E-state index in [9.17, 15) is 33.7 Å². The smallest absolute Gasteiger partial charge is 0.184 e. The molecule has 640 valence electrons. The molecule has 0 atom stereocenters. The van der Waals surface area contributed by atoms with Crippen LogP contribution in [0.5, 0.6) is 5.75 Å². The second kappa shape index (κ2) is 34.9. The number of sulfone groups is 4. The molecule has 0 spiro atoms. The summed E-state index contributed by atoms with van der Waals surface area (Å²) in [4.78, 5) is 14.6. The van der Waals surface area contributed by atoms with Crippen LogP contribution in [0.3, 0.4) is 0 Å². The topological polar surface area (TPSA) is 334 Å². The summed E-state index contributed by atoms with van der Waals surface area (Å²) >= 11 is 0. The Kier molecular flexibility index (Phi) is 25.1. The van der Waals surface area contributed by atoms with Crippen molar-refractivity contribution in [2.24, 2.45) is 0 Å². The van der Waals surface area contributed by atoms with E-state index in [1.54, 1.807) is 123 Å². The Morgan fingerprint density at radius 2 is 0.629 bits per heavy atom. The third-order valence-electron chi connectivity index (χ3n) is 21.2. The number of ether oxygens (including phenoxy) is 1. The molecule has 0 aliphatic heterocycles. The number of pyridine rings is 3. The highest BCUT2D eigenvalue weighted by Gasteiger charge is 2.29. The van der Waals surface area contributed by atoms with Gasteiger partial charge in [-0.3, -0.25) is 0 Å². The van der Waals surface area contributed by atoms with E-state index in [0.29, 0.717) is 82.6 Å². The maximum atomic E-state index is 13.2. The zero-order chi connectivity index (χ0) is 89.4. The van der Waals surface area contributed by atoms with Crippen LogP contribution in [0.1, 0.15) is 151 Å². The number of hydrogen-bond acceptors (Lipinski definition) is 20. The minimum absolute atomic E-state index is 0.0343. The van der Waals surface area contributed by atoms with Gasteiger partial charge >= 0.3 is 0 Å². The third kappa shape index (κ3) is 20.0. The minimum Gasteiger partial charge on any atom is -0.494 e. The molecule has 0 fully saturated rings. The van der Waals surface area contributed by atoms with Crippen molar-refractivity contribution in [3.05, 3.63) is 311 Å². The van der Waals surface area contributed by atoms with Crippen LogP contribution in [-0.4, -0.2) is 105 Å². The molecule has 16 rings (SSSR count). The summed E-state index contributed by atoms with van der Waals surface area (Å²) in [6, 6.07) is 68.0. The lowest BCUT2D eigenvalue weighted by molar-refractivity contribution is 0.418. The van der Waals surface area contributed by atoms with Crippen LogP contribution in [0.15, 0.2) is 263 Å². The monoisotopic (exact) mass is 1740 g/mol. The zero-order valence-corrected chi connectivity index (χ0v) is 76.0. The number of para-hydroxylation sites is 1. The number of rotatable bonds is 17. The SMILES string of the molecule is COc1cnc(-n2nc(C)cc2CS(=O)(=O)c2ccc(C(C)(C)C)cc2)c2ccccc12.Cc1cc(CS(=O)(=O)c2ccc(C(C)(C)C)cc2)n(-c2cc(N)nc3ccccc23)n1.Cc1cc(CS(=O)(=O)c2ccc(C(C)(C)C)cc2)n(-c2cnnc3ccccc23)n1.Cc1cc(CS(=O)(=O)c2ccc(C(C)(C)C)cc2)n(-c2ncc(N)c3ccccc23)n1. The minimum atomic E-state index is -3.57. The second-order valence-electron chi connectivity index (χ2n) is 35.0.